The molecule has 2 rings (SSSR count). The molecule has 37 heavy (non-hydrogen) atoms. The van der Waals surface area contributed by atoms with E-state index in [1.807, 2.05) is 0 Å². The van der Waals surface area contributed by atoms with Gasteiger partial charge in [0.15, 0.2) is 5.88 Å². The average molecular weight is 498 g/mol. The maximum atomic E-state index is 12.5. The van der Waals surface area contributed by atoms with E-state index in [-0.39, 0.29) is 33.9 Å². The van der Waals surface area contributed by atoms with Gasteiger partial charge < -0.3 is 20.1 Å². The van der Waals surface area contributed by atoms with Gasteiger partial charge >= 0.3 is 0 Å². The lowest BCUT2D eigenvalue weighted by molar-refractivity contribution is -0.130. The summed E-state index contributed by atoms with van der Waals surface area (Å²) >= 11 is 0. The lowest BCUT2D eigenvalue weighted by atomic mass is 9.73. The number of hydrogen-bond acceptors (Lipinski definition) is 3. The van der Waals surface area contributed by atoms with Crippen molar-refractivity contribution in [2.24, 2.45) is 0 Å². The number of rotatable bonds is 17. The van der Waals surface area contributed by atoms with Crippen LogP contribution in [0, 0.1) is 0 Å². The molecule has 1 aromatic carbocycles. The molecule has 6 radical (unpaired) electrons. The van der Waals surface area contributed by atoms with E-state index in [9.17, 15) is 15.0 Å². The number of amides is 1. The molecule has 0 spiro atoms. The van der Waals surface area contributed by atoms with E-state index in [1.165, 1.54) is 38.5 Å². The van der Waals surface area contributed by atoms with Crippen molar-refractivity contribution < 1.29 is 15.0 Å². The molecule has 194 valence electrons. The first kappa shape index (κ1) is 30.7. The first-order valence-electron chi connectivity index (χ1n) is 13.7. The van der Waals surface area contributed by atoms with Gasteiger partial charge in [-0.2, -0.15) is 0 Å². The minimum absolute atomic E-state index is 0.0255. The minimum atomic E-state index is -0.295. The summed E-state index contributed by atoms with van der Waals surface area (Å²) in [6.07, 6.45) is 22.6. The van der Waals surface area contributed by atoms with Gasteiger partial charge in [-0.1, -0.05) is 74.3 Å². The zero-order valence-corrected chi connectivity index (χ0v) is 22.7. The number of allylic oxidation sites excluding steroid dienone is 4. The second-order valence-electron chi connectivity index (χ2n) is 9.84. The molecule has 0 aliphatic rings. The van der Waals surface area contributed by atoms with Crippen molar-refractivity contribution in [3.63, 3.8) is 0 Å². The number of nitrogens with one attached hydrogen (secondary N) is 1. The second kappa shape index (κ2) is 16.4. The number of nitrogens with zero attached hydrogens (tertiary/aromatic N) is 1. The smallest absolute Gasteiger partial charge is 0.222 e. The number of phenols is 1. The Morgan fingerprint density at radius 1 is 0.865 bits per heavy atom. The van der Waals surface area contributed by atoms with Gasteiger partial charge in [0.25, 0.3) is 0 Å². The molecule has 0 aliphatic carbocycles. The summed E-state index contributed by atoms with van der Waals surface area (Å²) in [6.45, 7) is 2.64. The third-order valence-corrected chi connectivity index (χ3v) is 6.88. The molecule has 0 saturated heterocycles. The van der Waals surface area contributed by atoms with Crippen molar-refractivity contribution in [2.45, 2.75) is 90.4 Å². The Morgan fingerprint density at radius 2 is 1.49 bits per heavy atom. The summed E-state index contributed by atoms with van der Waals surface area (Å²) in [5, 5.41) is 21.0. The number of carbonyl (C=O) groups excluding carboxylic acids is 1. The number of H-pyrrole nitrogens is 1. The van der Waals surface area contributed by atoms with Gasteiger partial charge in [0.05, 0.1) is 0 Å². The van der Waals surface area contributed by atoms with E-state index in [4.69, 9.17) is 23.5 Å². The molecule has 8 heteroatoms. The van der Waals surface area contributed by atoms with E-state index in [2.05, 4.69) is 36.2 Å². The van der Waals surface area contributed by atoms with Crippen LogP contribution in [0.25, 0.3) is 10.9 Å². The number of fused-ring (bicyclic) bond motifs is 1. The summed E-state index contributed by atoms with van der Waals surface area (Å²) < 4.78 is 0. The normalized spacial score (nSPS) is 11.8. The Bertz CT molecular complexity index is 1060. The number of likely N-dealkylation sites (N-methyl/N-ethyl adjacent to an activating group) is 1. The number of phenolic OH excluding ortho intramolecular Hbond substituents is 1. The molecule has 0 bridgehead atoms. The molecular weight excluding hydrogens is 457 g/mol. The van der Waals surface area contributed by atoms with Crippen LogP contribution in [0.4, 0.5) is 0 Å². The lowest BCUT2D eigenvalue weighted by Crippen LogP contribution is -2.32. The fourth-order valence-corrected chi connectivity index (χ4v) is 4.48. The van der Waals surface area contributed by atoms with Gasteiger partial charge in [-0.05, 0) is 50.4 Å². The van der Waals surface area contributed by atoms with Crippen molar-refractivity contribution >= 4 is 56.7 Å². The molecule has 5 nitrogen and oxygen atoms in total. The number of carbonyl (C=O) groups is 1. The molecule has 0 atom stereocenters. The molecule has 1 amide bonds. The Kier molecular flexibility index (Phi) is 13.6. The lowest BCUT2D eigenvalue weighted by Gasteiger charge is -2.18. The minimum Gasteiger partial charge on any atom is -0.509 e. The van der Waals surface area contributed by atoms with Crippen LogP contribution in [0.15, 0.2) is 24.3 Å². The summed E-state index contributed by atoms with van der Waals surface area (Å²) in [5.41, 5.74) is 1.06. The van der Waals surface area contributed by atoms with Crippen LogP contribution in [0.2, 0.25) is 0 Å². The van der Waals surface area contributed by atoms with Gasteiger partial charge in [-0.25, -0.2) is 0 Å². The molecular formula is C29H41B3N2O3. The number of hydrogen-bond donors (Lipinski definition) is 3. The van der Waals surface area contributed by atoms with Gasteiger partial charge in [-0.3, -0.25) is 4.79 Å². The van der Waals surface area contributed by atoms with Crippen LogP contribution in [-0.2, 0) is 11.2 Å². The van der Waals surface area contributed by atoms with Gasteiger partial charge in [0.2, 0.25) is 5.91 Å². The first-order chi connectivity index (χ1) is 17.8. The zero-order valence-electron chi connectivity index (χ0n) is 22.7. The van der Waals surface area contributed by atoms with E-state index in [0.717, 1.165) is 32.1 Å². The Hall–Kier alpha value is -2.50. The van der Waals surface area contributed by atoms with Gasteiger partial charge in [-0.15, -0.1) is 0 Å². The highest BCUT2D eigenvalue weighted by atomic mass is 16.3. The van der Waals surface area contributed by atoms with Crippen LogP contribution >= 0.6 is 0 Å². The Balaban J connectivity index is 1.63. The standard InChI is InChI=1S/C29H41B3N2O3/c1-3-4-5-6-7-8-9-10-11-12-13-14-15-16-17-18-22(35)34(2)20-19-21-23-24(30)28(36)26(32)25(31)27(23)33-29(21)37/h7-8,10-11,33,36-37H,3-6,9,12-20H2,1-2H3/b8-7-,11-10-. The summed E-state index contributed by atoms with van der Waals surface area (Å²) in [6, 6.07) is 0. The highest BCUT2D eigenvalue weighted by Crippen LogP contribution is 2.26. The molecule has 0 unspecified atom stereocenters. The maximum Gasteiger partial charge on any atom is 0.222 e. The first-order valence-corrected chi connectivity index (χ1v) is 13.7. The van der Waals surface area contributed by atoms with Crippen LogP contribution in [0.1, 0.15) is 89.5 Å². The Morgan fingerprint density at radius 3 is 2.16 bits per heavy atom. The summed E-state index contributed by atoms with van der Waals surface area (Å²) in [4.78, 5) is 17.0. The third kappa shape index (κ3) is 9.39. The van der Waals surface area contributed by atoms with Gasteiger partial charge in [0.1, 0.15) is 29.3 Å². The summed E-state index contributed by atoms with van der Waals surface area (Å²) in [7, 11) is 19.5. The second-order valence-corrected chi connectivity index (χ2v) is 9.84. The number of aromatic nitrogens is 1. The SMILES string of the molecule is [B]c1c(O)c([B])c2c(CCN(C)C(=O)CCCCCCC/C=C\C/C=C\CCCCC)c(O)[nH]c2c1[B]. The highest BCUT2D eigenvalue weighted by Gasteiger charge is 2.19. The fourth-order valence-electron chi connectivity index (χ4n) is 4.48. The predicted molar refractivity (Wildman–Crippen MR) is 158 cm³/mol. The quantitative estimate of drug-likeness (QED) is 0.177. The molecule has 2 aromatic rings. The van der Waals surface area contributed by atoms with E-state index >= 15 is 0 Å². The van der Waals surface area contributed by atoms with Crippen molar-refractivity contribution in [3.8, 4) is 11.6 Å². The molecule has 1 aromatic heterocycles. The van der Waals surface area contributed by atoms with Gasteiger partial charge in [0, 0.05) is 36.5 Å². The molecule has 0 aliphatic heterocycles. The monoisotopic (exact) mass is 498 g/mol. The topological polar surface area (TPSA) is 76.6 Å². The van der Waals surface area contributed by atoms with E-state index < -0.39 is 0 Å². The van der Waals surface area contributed by atoms with Crippen molar-refractivity contribution in [3.05, 3.63) is 29.9 Å². The van der Waals surface area contributed by atoms with Crippen LogP contribution < -0.4 is 16.4 Å². The zero-order chi connectivity index (χ0) is 27.2. The third-order valence-electron chi connectivity index (χ3n) is 6.88. The number of benzene rings is 1. The van der Waals surface area contributed by atoms with Crippen molar-refractivity contribution in [1.29, 1.82) is 0 Å². The molecule has 0 saturated carbocycles. The largest absolute Gasteiger partial charge is 0.509 e. The number of unbranched alkanes of at least 4 members (excludes halogenated alkanes) is 8. The maximum absolute atomic E-state index is 12.5. The van der Waals surface area contributed by atoms with E-state index in [0.29, 0.717) is 35.9 Å². The Labute approximate surface area is 227 Å². The van der Waals surface area contributed by atoms with Crippen molar-refractivity contribution in [1.82, 2.24) is 9.88 Å². The van der Waals surface area contributed by atoms with Crippen molar-refractivity contribution in [2.75, 3.05) is 13.6 Å². The van der Waals surface area contributed by atoms with E-state index in [1.54, 1.807) is 11.9 Å². The predicted octanol–water partition coefficient (Wildman–Crippen LogP) is 3.77. The van der Waals surface area contributed by atoms with Crippen LogP contribution in [0.5, 0.6) is 11.6 Å². The summed E-state index contributed by atoms with van der Waals surface area (Å²) in [5.74, 6) is -0.311. The molecule has 0 fully saturated rings. The fraction of sp³-hybridized carbons (Fsp3) is 0.552. The van der Waals surface area contributed by atoms with Crippen LogP contribution in [-0.4, -0.2) is 63.1 Å². The molecule has 3 N–H and O–H groups in total. The highest BCUT2D eigenvalue weighted by molar-refractivity contribution is 6.57. The number of aromatic hydroxyl groups is 2. The van der Waals surface area contributed by atoms with Crippen LogP contribution in [0.3, 0.4) is 0 Å². The average Bonchev–Trinajstić information content (AvgIpc) is 3.22. The molecule has 1 heterocycles. The number of aromatic amines is 1.